The van der Waals surface area contributed by atoms with Gasteiger partial charge in [0.1, 0.15) is 0 Å². The highest BCUT2D eigenvalue weighted by Gasteiger charge is 2.26. The number of hydrogen-bond donors (Lipinski definition) is 2. The molecule has 17 heavy (non-hydrogen) atoms. The number of nitrogens with two attached hydrogens (primary N) is 1. The maximum Gasteiger partial charge on any atom is 0.0434 e. The lowest BCUT2D eigenvalue weighted by atomic mass is 10.1. The number of benzene rings is 1. The minimum Gasteiger partial charge on any atom is -0.399 e. The van der Waals surface area contributed by atoms with Gasteiger partial charge in [-0.25, -0.2) is 0 Å². The standard InChI is InChI=1S/C14H22N2O/c1-11(13-2-4-14(15)5-3-13)16-8-6-12(10-16)7-9-17/h2-5,11-12,17H,6-10,15H2,1H3. The lowest BCUT2D eigenvalue weighted by Crippen LogP contribution is -2.24. The van der Waals surface area contributed by atoms with Crippen LogP contribution in [0.5, 0.6) is 0 Å². The molecule has 2 atom stereocenters. The Morgan fingerprint density at radius 1 is 1.41 bits per heavy atom. The fourth-order valence-electron chi connectivity index (χ4n) is 2.62. The summed E-state index contributed by atoms with van der Waals surface area (Å²) in [5.74, 6) is 0.663. The highest BCUT2D eigenvalue weighted by molar-refractivity contribution is 5.40. The van der Waals surface area contributed by atoms with Crippen molar-refractivity contribution in [2.24, 2.45) is 5.92 Å². The van der Waals surface area contributed by atoms with Crippen molar-refractivity contribution in [3.05, 3.63) is 29.8 Å². The first-order valence-corrected chi connectivity index (χ1v) is 6.41. The van der Waals surface area contributed by atoms with E-state index in [-0.39, 0.29) is 0 Å². The highest BCUT2D eigenvalue weighted by atomic mass is 16.3. The molecule has 2 unspecified atom stereocenters. The molecule has 1 saturated heterocycles. The van der Waals surface area contributed by atoms with Gasteiger partial charge in [-0.3, -0.25) is 4.90 Å². The van der Waals surface area contributed by atoms with Crippen molar-refractivity contribution in [1.29, 1.82) is 0 Å². The number of nitrogens with zero attached hydrogens (tertiary/aromatic N) is 1. The Bertz CT molecular complexity index is 350. The zero-order valence-electron chi connectivity index (χ0n) is 10.5. The Labute approximate surface area is 103 Å². The molecule has 1 heterocycles. The number of aliphatic hydroxyl groups excluding tert-OH is 1. The van der Waals surface area contributed by atoms with E-state index in [1.165, 1.54) is 12.0 Å². The van der Waals surface area contributed by atoms with E-state index in [0.717, 1.165) is 25.2 Å². The van der Waals surface area contributed by atoms with Gasteiger partial charge in [0.2, 0.25) is 0 Å². The van der Waals surface area contributed by atoms with Crippen molar-refractivity contribution in [1.82, 2.24) is 4.90 Å². The predicted octanol–water partition coefficient (Wildman–Crippen LogP) is 2.03. The van der Waals surface area contributed by atoms with E-state index < -0.39 is 0 Å². The highest BCUT2D eigenvalue weighted by Crippen LogP contribution is 2.28. The van der Waals surface area contributed by atoms with Crippen LogP contribution in [0.4, 0.5) is 5.69 Å². The second kappa shape index (κ2) is 5.52. The first-order chi connectivity index (χ1) is 8.20. The largest absolute Gasteiger partial charge is 0.399 e. The van der Waals surface area contributed by atoms with Crippen molar-refractivity contribution >= 4 is 5.69 Å². The molecule has 1 aliphatic heterocycles. The Morgan fingerprint density at radius 3 is 2.76 bits per heavy atom. The van der Waals surface area contributed by atoms with Gasteiger partial charge in [0.25, 0.3) is 0 Å². The lowest BCUT2D eigenvalue weighted by Gasteiger charge is -2.24. The van der Waals surface area contributed by atoms with E-state index in [9.17, 15) is 0 Å². The second-order valence-electron chi connectivity index (χ2n) is 5.00. The van der Waals surface area contributed by atoms with Crippen LogP contribution in [0.25, 0.3) is 0 Å². The summed E-state index contributed by atoms with van der Waals surface area (Å²) in [7, 11) is 0. The van der Waals surface area contributed by atoms with Crippen LogP contribution in [0, 0.1) is 5.92 Å². The Morgan fingerprint density at radius 2 is 2.12 bits per heavy atom. The quantitative estimate of drug-likeness (QED) is 0.784. The summed E-state index contributed by atoms with van der Waals surface area (Å²) in [6, 6.07) is 8.60. The molecule has 3 heteroatoms. The molecular formula is C14H22N2O. The average molecular weight is 234 g/mol. The molecule has 0 saturated carbocycles. The van der Waals surface area contributed by atoms with E-state index in [2.05, 4.69) is 24.0 Å². The fraction of sp³-hybridized carbons (Fsp3) is 0.571. The summed E-state index contributed by atoms with van der Waals surface area (Å²) in [6.45, 7) is 4.80. The van der Waals surface area contributed by atoms with Crippen LogP contribution in [0.2, 0.25) is 0 Å². The molecule has 1 fully saturated rings. The van der Waals surface area contributed by atoms with Crippen molar-refractivity contribution in [3.8, 4) is 0 Å². The molecule has 0 radical (unpaired) electrons. The number of anilines is 1. The van der Waals surface area contributed by atoms with Gasteiger partial charge in [0.15, 0.2) is 0 Å². The minimum absolute atomic E-state index is 0.314. The summed E-state index contributed by atoms with van der Waals surface area (Å²) in [6.07, 6.45) is 2.14. The zero-order valence-corrected chi connectivity index (χ0v) is 10.5. The van der Waals surface area contributed by atoms with Gasteiger partial charge in [0, 0.05) is 24.9 Å². The fourth-order valence-corrected chi connectivity index (χ4v) is 2.62. The monoisotopic (exact) mass is 234 g/mol. The van der Waals surface area contributed by atoms with E-state index >= 15 is 0 Å². The Balaban J connectivity index is 1.96. The smallest absolute Gasteiger partial charge is 0.0434 e. The van der Waals surface area contributed by atoms with Crippen molar-refractivity contribution < 1.29 is 5.11 Å². The molecular weight excluding hydrogens is 212 g/mol. The summed E-state index contributed by atoms with van der Waals surface area (Å²) >= 11 is 0. The maximum absolute atomic E-state index is 8.97. The van der Waals surface area contributed by atoms with Crippen LogP contribution in [0.3, 0.4) is 0 Å². The molecule has 1 aromatic rings. The van der Waals surface area contributed by atoms with Gasteiger partial charge in [-0.05, 0) is 49.9 Å². The SMILES string of the molecule is CC(c1ccc(N)cc1)N1CCC(CCO)C1. The first-order valence-electron chi connectivity index (χ1n) is 6.41. The predicted molar refractivity (Wildman–Crippen MR) is 70.7 cm³/mol. The Hall–Kier alpha value is -1.06. The van der Waals surface area contributed by atoms with Crippen LogP contribution in [0.15, 0.2) is 24.3 Å². The summed E-state index contributed by atoms with van der Waals surface area (Å²) in [5.41, 5.74) is 7.84. The molecule has 0 aromatic heterocycles. The van der Waals surface area contributed by atoms with E-state index in [1.807, 2.05) is 12.1 Å². The van der Waals surface area contributed by atoms with Crippen LogP contribution < -0.4 is 5.73 Å². The number of hydrogen-bond acceptors (Lipinski definition) is 3. The van der Waals surface area contributed by atoms with Crippen LogP contribution in [-0.2, 0) is 0 Å². The number of rotatable bonds is 4. The number of nitrogen functional groups attached to an aromatic ring is 1. The number of aliphatic hydroxyl groups is 1. The second-order valence-corrected chi connectivity index (χ2v) is 5.00. The molecule has 3 nitrogen and oxygen atoms in total. The molecule has 1 aromatic carbocycles. The molecule has 0 bridgehead atoms. The maximum atomic E-state index is 8.97. The molecule has 3 N–H and O–H groups in total. The molecule has 2 rings (SSSR count). The van der Waals surface area contributed by atoms with Crippen molar-refractivity contribution in [2.75, 3.05) is 25.4 Å². The lowest BCUT2D eigenvalue weighted by molar-refractivity contribution is 0.229. The molecule has 94 valence electrons. The summed E-state index contributed by atoms with van der Waals surface area (Å²) < 4.78 is 0. The third-order valence-corrected chi connectivity index (χ3v) is 3.82. The van der Waals surface area contributed by atoms with E-state index in [0.29, 0.717) is 18.6 Å². The number of likely N-dealkylation sites (tertiary alicyclic amines) is 1. The average Bonchev–Trinajstić information content (AvgIpc) is 2.78. The molecule has 0 amide bonds. The van der Waals surface area contributed by atoms with Gasteiger partial charge >= 0.3 is 0 Å². The topological polar surface area (TPSA) is 49.5 Å². The summed E-state index contributed by atoms with van der Waals surface area (Å²) in [5, 5.41) is 8.97. The van der Waals surface area contributed by atoms with E-state index in [4.69, 9.17) is 10.8 Å². The van der Waals surface area contributed by atoms with Crippen LogP contribution in [0.1, 0.15) is 31.4 Å². The molecule has 0 spiro atoms. The van der Waals surface area contributed by atoms with Crippen molar-refractivity contribution in [2.45, 2.75) is 25.8 Å². The van der Waals surface area contributed by atoms with Gasteiger partial charge in [-0.2, -0.15) is 0 Å². The van der Waals surface area contributed by atoms with Crippen molar-refractivity contribution in [3.63, 3.8) is 0 Å². The van der Waals surface area contributed by atoms with Gasteiger partial charge in [-0.15, -0.1) is 0 Å². The van der Waals surface area contributed by atoms with Crippen LogP contribution >= 0.6 is 0 Å². The van der Waals surface area contributed by atoms with Gasteiger partial charge in [-0.1, -0.05) is 12.1 Å². The molecule has 1 aliphatic rings. The third-order valence-electron chi connectivity index (χ3n) is 3.82. The first kappa shape index (κ1) is 12.4. The minimum atomic E-state index is 0.314. The molecule has 0 aliphatic carbocycles. The Kier molecular flexibility index (Phi) is 4.02. The van der Waals surface area contributed by atoms with Gasteiger partial charge in [0.05, 0.1) is 0 Å². The van der Waals surface area contributed by atoms with Crippen LogP contribution in [-0.4, -0.2) is 29.7 Å². The third kappa shape index (κ3) is 2.99. The van der Waals surface area contributed by atoms with E-state index in [1.54, 1.807) is 0 Å². The summed E-state index contributed by atoms with van der Waals surface area (Å²) in [4.78, 5) is 2.49. The van der Waals surface area contributed by atoms with Gasteiger partial charge < -0.3 is 10.8 Å². The zero-order chi connectivity index (χ0) is 12.3. The normalized spacial score (nSPS) is 22.8.